The van der Waals surface area contributed by atoms with Crippen molar-refractivity contribution in [3.63, 3.8) is 0 Å². The number of anilines is 1. The Bertz CT molecular complexity index is 786. The van der Waals surface area contributed by atoms with Crippen molar-refractivity contribution >= 4 is 17.4 Å². The van der Waals surface area contributed by atoms with Crippen LogP contribution in [0.1, 0.15) is 49.0 Å². The van der Waals surface area contributed by atoms with Gasteiger partial charge in [0.05, 0.1) is 18.8 Å². The Morgan fingerprint density at radius 1 is 1.04 bits per heavy atom. The van der Waals surface area contributed by atoms with Gasteiger partial charge in [0.2, 0.25) is 5.91 Å². The van der Waals surface area contributed by atoms with Crippen LogP contribution in [0.2, 0.25) is 0 Å². The number of ether oxygens (including phenoxy) is 2. The number of aryl methyl sites for hydroxylation is 1. The summed E-state index contributed by atoms with van der Waals surface area (Å²) in [4.78, 5) is 23.6. The number of hydrogen-bond acceptors (Lipinski definition) is 4. The summed E-state index contributed by atoms with van der Waals surface area (Å²) in [6.07, 6.45) is 1.92. The van der Waals surface area contributed by atoms with E-state index in [4.69, 9.17) is 9.47 Å². The van der Waals surface area contributed by atoms with Gasteiger partial charge in [0.25, 0.3) is 0 Å². The molecule has 2 aromatic rings. The van der Waals surface area contributed by atoms with E-state index in [0.717, 1.165) is 17.7 Å². The van der Waals surface area contributed by atoms with Crippen LogP contribution in [-0.2, 0) is 4.79 Å². The zero-order valence-corrected chi connectivity index (χ0v) is 16.2. The molecule has 0 aliphatic rings. The lowest BCUT2D eigenvalue weighted by molar-refractivity contribution is -0.116. The van der Waals surface area contributed by atoms with Gasteiger partial charge in [-0.2, -0.15) is 0 Å². The maximum Gasteiger partial charge on any atom is 0.224 e. The van der Waals surface area contributed by atoms with Crippen LogP contribution in [0, 0.1) is 6.92 Å². The van der Waals surface area contributed by atoms with Gasteiger partial charge in [-0.25, -0.2) is 0 Å². The summed E-state index contributed by atoms with van der Waals surface area (Å²) < 4.78 is 11.4. The SMILES string of the molecule is CCCC(=O)Nc1ccc(OCCCOc2cccc(C)c2)c(C(C)=O)c1. The number of rotatable bonds is 10. The number of nitrogens with one attached hydrogen (secondary N) is 1. The van der Waals surface area contributed by atoms with Crippen LogP contribution in [0.25, 0.3) is 0 Å². The van der Waals surface area contributed by atoms with Crippen molar-refractivity contribution in [1.82, 2.24) is 0 Å². The number of carbonyl (C=O) groups excluding carboxylic acids is 2. The number of benzene rings is 2. The van der Waals surface area contributed by atoms with E-state index in [0.29, 0.717) is 43.1 Å². The summed E-state index contributed by atoms with van der Waals surface area (Å²) >= 11 is 0. The predicted molar refractivity (Wildman–Crippen MR) is 107 cm³/mol. The highest BCUT2D eigenvalue weighted by Gasteiger charge is 2.11. The summed E-state index contributed by atoms with van der Waals surface area (Å²) in [5, 5.41) is 2.80. The molecule has 0 unspecified atom stereocenters. The van der Waals surface area contributed by atoms with Gasteiger partial charge in [0.1, 0.15) is 11.5 Å². The number of carbonyl (C=O) groups is 2. The lowest BCUT2D eigenvalue weighted by Gasteiger charge is -2.13. The Balaban J connectivity index is 1.87. The number of hydrogen-bond donors (Lipinski definition) is 1. The summed E-state index contributed by atoms with van der Waals surface area (Å²) in [7, 11) is 0. The zero-order valence-electron chi connectivity index (χ0n) is 16.2. The Morgan fingerprint density at radius 3 is 2.52 bits per heavy atom. The second-order valence-corrected chi connectivity index (χ2v) is 6.43. The quantitative estimate of drug-likeness (QED) is 0.483. The molecule has 0 radical (unpaired) electrons. The van der Waals surface area contributed by atoms with E-state index in [1.165, 1.54) is 6.92 Å². The minimum atomic E-state index is -0.104. The molecule has 0 spiro atoms. The molecule has 1 amide bonds. The highest BCUT2D eigenvalue weighted by atomic mass is 16.5. The van der Waals surface area contributed by atoms with Crippen LogP contribution >= 0.6 is 0 Å². The fourth-order valence-electron chi connectivity index (χ4n) is 2.60. The molecule has 0 aliphatic heterocycles. The van der Waals surface area contributed by atoms with Gasteiger partial charge in [0, 0.05) is 18.5 Å². The minimum Gasteiger partial charge on any atom is -0.493 e. The van der Waals surface area contributed by atoms with E-state index < -0.39 is 0 Å². The maximum atomic E-state index is 11.9. The number of Topliss-reactive ketones (excluding diaryl/α,β-unsaturated/α-hetero) is 1. The van der Waals surface area contributed by atoms with Crippen molar-refractivity contribution in [1.29, 1.82) is 0 Å². The Morgan fingerprint density at radius 2 is 1.81 bits per heavy atom. The average molecular weight is 369 g/mol. The van der Waals surface area contributed by atoms with Crippen molar-refractivity contribution < 1.29 is 19.1 Å². The third-order valence-corrected chi connectivity index (χ3v) is 3.92. The van der Waals surface area contributed by atoms with E-state index in [2.05, 4.69) is 5.32 Å². The molecular weight excluding hydrogens is 342 g/mol. The monoisotopic (exact) mass is 369 g/mol. The van der Waals surface area contributed by atoms with Gasteiger partial charge < -0.3 is 14.8 Å². The molecule has 0 aliphatic carbocycles. The molecule has 27 heavy (non-hydrogen) atoms. The van der Waals surface area contributed by atoms with Gasteiger partial charge in [0.15, 0.2) is 5.78 Å². The third-order valence-electron chi connectivity index (χ3n) is 3.92. The lowest BCUT2D eigenvalue weighted by Crippen LogP contribution is -2.12. The summed E-state index contributed by atoms with van der Waals surface area (Å²) in [6.45, 7) is 6.42. The zero-order chi connectivity index (χ0) is 19.6. The molecule has 1 N–H and O–H groups in total. The molecule has 0 aromatic heterocycles. The average Bonchev–Trinajstić information content (AvgIpc) is 2.62. The van der Waals surface area contributed by atoms with E-state index in [9.17, 15) is 9.59 Å². The fraction of sp³-hybridized carbons (Fsp3) is 0.364. The molecule has 0 saturated heterocycles. The fourth-order valence-corrected chi connectivity index (χ4v) is 2.60. The van der Waals surface area contributed by atoms with E-state index in [1.54, 1.807) is 18.2 Å². The van der Waals surface area contributed by atoms with Gasteiger partial charge in [-0.05, 0) is 56.2 Å². The second kappa shape index (κ2) is 10.4. The lowest BCUT2D eigenvalue weighted by atomic mass is 10.1. The number of ketones is 1. The first-order valence-electron chi connectivity index (χ1n) is 9.26. The van der Waals surface area contributed by atoms with Gasteiger partial charge in [-0.1, -0.05) is 19.1 Å². The van der Waals surface area contributed by atoms with Crippen LogP contribution in [0.3, 0.4) is 0 Å². The first-order chi connectivity index (χ1) is 13.0. The van der Waals surface area contributed by atoms with Gasteiger partial charge in [-0.3, -0.25) is 9.59 Å². The van der Waals surface area contributed by atoms with E-state index in [1.807, 2.05) is 38.1 Å². The Labute approximate surface area is 160 Å². The first-order valence-corrected chi connectivity index (χ1v) is 9.26. The summed E-state index contributed by atoms with van der Waals surface area (Å²) in [5.74, 6) is 1.19. The van der Waals surface area contributed by atoms with Crippen LogP contribution in [-0.4, -0.2) is 24.9 Å². The molecule has 0 saturated carbocycles. The molecule has 2 rings (SSSR count). The van der Waals surface area contributed by atoms with Gasteiger partial charge >= 0.3 is 0 Å². The van der Waals surface area contributed by atoms with Crippen molar-refractivity contribution in [2.45, 2.75) is 40.0 Å². The van der Waals surface area contributed by atoms with Crippen LogP contribution < -0.4 is 14.8 Å². The summed E-state index contributed by atoms with van der Waals surface area (Å²) in [5.41, 5.74) is 2.22. The Kier molecular flexibility index (Phi) is 7.86. The largest absolute Gasteiger partial charge is 0.493 e. The van der Waals surface area contributed by atoms with Crippen molar-refractivity contribution in [2.75, 3.05) is 18.5 Å². The number of amides is 1. The van der Waals surface area contributed by atoms with E-state index in [-0.39, 0.29) is 11.7 Å². The standard InChI is InChI=1S/C22H27NO4/c1-4-7-22(25)23-18-10-11-21(20(15-18)17(3)24)27-13-6-12-26-19-9-5-8-16(2)14-19/h5,8-11,14-15H,4,6-7,12-13H2,1-3H3,(H,23,25). The normalized spacial score (nSPS) is 10.3. The smallest absolute Gasteiger partial charge is 0.224 e. The first kappa shape index (κ1) is 20.5. The second-order valence-electron chi connectivity index (χ2n) is 6.43. The van der Waals surface area contributed by atoms with Crippen molar-refractivity contribution in [2.24, 2.45) is 0 Å². The molecule has 2 aromatic carbocycles. The Hall–Kier alpha value is -2.82. The molecule has 5 nitrogen and oxygen atoms in total. The third kappa shape index (κ3) is 6.77. The van der Waals surface area contributed by atoms with Crippen LogP contribution in [0.5, 0.6) is 11.5 Å². The summed E-state index contributed by atoms with van der Waals surface area (Å²) in [6, 6.07) is 13.0. The van der Waals surface area contributed by atoms with Crippen molar-refractivity contribution in [3.8, 4) is 11.5 Å². The molecule has 144 valence electrons. The molecule has 0 bridgehead atoms. The van der Waals surface area contributed by atoms with Gasteiger partial charge in [-0.15, -0.1) is 0 Å². The highest BCUT2D eigenvalue weighted by Crippen LogP contribution is 2.24. The highest BCUT2D eigenvalue weighted by molar-refractivity contribution is 5.99. The molecule has 0 fully saturated rings. The van der Waals surface area contributed by atoms with Crippen molar-refractivity contribution in [3.05, 3.63) is 53.6 Å². The molecular formula is C22H27NO4. The minimum absolute atomic E-state index is 0.0611. The van der Waals surface area contributed by atoms with Crippen LogP contribution in [0.4, 0.5) is 5.69 Å². The predicted octanol–water partition coefficient (Wildman–Crippen LogP) is 4.78. The molecule has 0 atom stereocenters. The molecule has 0 heterocycles. The van der Waals surface area contributed by atoms with Crippen LogP contribution in [0.15, 0.2) is 42.5 Å². The maximum absolute atomic E-state index is 11.9. The topological polar surface area (TPSA) is 64.6 Å². The molecule has 5 heteroatoms. The van der Waals surface area contributed by atoms with E-state index >= 15 is 0 Å².